The van der Waals surface area contributed by atoms with Crippen LogP contribution in [-0.4, -0.2) is 66.4 Å². The van der Waals surface area contributed by atoms with E-state index < -0.39 is 5.97 Å². The van der Waals surface area contributed by atoms with E-state index in [2.05, 4.69) is 6.92 Å². The van der Waals surface area contributed by atoms with Crippen LogP contribution in [0.15, 0.2) is 0 Å². The van der Waals surface area contributed by atoms with Crippen LogP contribution in [0.25, 0.3) is 0 Å². The predicted octanol–water partition coefficient (Wildman–Crippen LogP) is 4.55. The lowest BCUT2D eigenvalue weighted by molar-refractivity contribution is -0.380. The van der Waals surface area contributed by atoms with Gasteiger partial charge in [-0.2, -0.15) is 0 Å². The topological polar surface area (TPSA) is 58.7 Å². The van der Waals surface area contributed by atoms with Crippen LogP contribution in [0.2, 0.25) is 0 Å². The molecule has 0 amide bonds. The molecular weight excluding hydrogens is 360 g/mol. The van der Waals surface area contributed by atoms with Gasteiger partial charge in [-0.25, -0.2) is 0 Å². The van der Waals surface area contributed by atoms with Gasteiger partial charge in [0, 0.05) is 47.1 Å². The molecule has 1 heterocycles. The first kappa shape index (κ1) is 25.8. The second-order valence-corrected chi connectivity index (χ2v) is 7.61. The standard InChI is InChI=1S/C22H44O6/c1-5-6-7-8-9-10-13-20(22(23-2,24-3)25-4)14-11-15-26-16-12-17-27-18-21-19-28-21/h20-21H,5-19H2,1-4H3. The largest absolute Gasteiger partial charge is 0.381 e. The van der Waals surface area contributed by atoms with Gasteiger partial charge in [-0.1, -0.05) is 45.4 Å². The molecule has 0 aliphatic carbocycles. The maximum absolute atomic E-state index is 5.76. The zero-order chi connectivity index (χ0) is 20.5. The molecule has 1 aliphatic rings. The minimum Gasteiger partial charge on any atom is -0.381 e. The van der Waals surface area contributed by atoms with Crippen molar-refractivity contribution in [3.05, 3.63) is 0 Å². The zero-order valence-corrected chi connectivity index (χ0v) is 18.7. The minimum atomic E-state index is -0.956. The summed E-state index contributed by atoms with van der Waals surface area (Å²) >= 11 is 0. The lowest BCUT2D eigenvalue weighted by Gasteiger charge is -2.36. The van der Waals surface area contributed by atoms with E-state index in [0.29, 0.717) is 12.7 Å². The van der Waals surface area contributed by atoms with E-state index in [4.69, 9.17) is 28.4 Å². The highest BCUT2D eigenvalue weighted by Gasteiger charge is 2.39. The van der Waals surface area contributed by atoms with Crippen LogP contribution >= 0.6 is 0 Å². The summed E-state index contributed by atoms with van der Waals surface area (Å²) in [5.41, 5.74) is 0. The van der Waals surface area contributed by atoms with Gasteiger partial charge in [0.05, 0.1) is 13.2 Å². The molecule has 6 nitrogen and oxygen atoms in total. The number of hydrogen-bond acceptors (Lipinski definition) is 6. The van der Waals surface area contributed by atoms with Gasteiger partial charge in [0.2, 0.25) is 0 Å². The molecular formula is C22H44O6. The normalized spacial score (nSPS) is 17.8. The summed E-state index contributed by atoms with van der Waals surface area (Å²) in [4.78, 5) is 0. The Balaban J connectivity index is 2.19. The summed E-state index contributed by atoms with van der Waals surface area (Å²) in [6.07, 6.45) is 11.9. The summed E-state index contributed by atoms with van der Waals surface area (Å²) in [5.74, 6) is -0.758. The number of ether oxygens (including phenoxy) is 6. The van der Waals surface area contributed by atoms with Crippen LogP contribution in [0.3, 0.4) is 0 Å². The van der Waals surface area contributed by atoms with Crippen molar-refractivity contribution in [2.75, 3.05) is 54.4 Å². The molecule has 0 spiro atoms. The average Bonchev–Trinajstić information content (AvgIpc) is 3.54. The number of rotatable bonds is 21. The zero-order valence-electron chi connectivity index (χ0n) is 18.7. The van der Waals surface area contributed by atoms with Gasteiger partial charge in [-0.15, -0.1) is 0 Å². The van der Waals surface area contributed by atoms with E-state index in [0.717, 1.165) is 52.1 Å². The Morgan fingerprint density at radius 3 is 2.00 bits per heavy atom. The quantitative estimate of drug-likeness (QED) is 0.159. The van der Waals surface area contributed by atoms with Crippen LogP contribution < -0.4 is 0 Å². The van der Waals surface area contributed by atoms with E-state index in [1.807, 2.05) is 0 Å². The van der Waals surface area contributed by atoms with Crippen LogP contribution in [0, 0.1) is 5.92 Å². The molecule has 28 heavy (non-hydrogen) atoms. The summed E-state index contributed by atoms with van der Waals surface area (Å²) in [5, 5.41) is 0. The molecule has 1 saturated heterocycles. The molecule has 0 radical (unpaired) electrons. The Kier molecular flexibility index (Phi) is 15.2. The Morgan fingerprint density at radius 2 is 1.36 bits per heavy atom. The molecule has 2 atom stereocenters. The third kappa shape index (κ3) is 11.1. The molecule has 0 aromatic carbocycles. The summed E-state index contributed by atoms with van der Waals surface area (Å²) in [6, 6.07) is 0. The van der Waals surface area contributed by atoms with Crippen molar-refractivity contribution in [2.24, 2.45) is 5.92 Å². The summed E-state index contributed by atoms with van der Waals surface area (Å²) in [7, 11) is 4.97. The van der Waals surface area contributed by atoms with E-state index >= 15 is 0 Å². The molecule has 1 rings (SSSR count). The van der Waals surface area contributed by atoms with Gasteiger partial charge >= 0.3 is 0 Å². The van der Waals surface area contributed by atoms with Crippen molar-refractivity contribution in [3.8, 4) is 0 Å². The molecule has 1 fully saturated rings. The molecule has 2 unspecified atom stereocenters. The molecule has 6 heteroatoms. The average molecular weight is 405 g/mol. The highest BCUT2D eigenvalue weighted by Crippen LogP contribution is 2.32. The van der Waals surface area contributed by atoms with Crippen molar-refractivity contribution in [1.82, 2.24) is 0 Å². The van der Waals surface area contributed by atoms with Gasteiger partial charge in [-0.3, -0.25) is 0 Å². The van der Waals surface area contributed by atoms with Crippen molar-refractivity contribution >= 4 is 0 Å². The van der Waals surface area contributed by atoms with Crippen molar-refractivity contribution < 1.29 is 28.4 Å². The maximum atomic E-state index is 5.76. The predicted molar refractivity (Wildman–Crippen MR) is 110 cm³/mol. The first-order chi connectivity index (χ1) is 13.7. The molecule has 0 N–H and O–H groups in total. The lowest BCUT2D eigenvalue weighted by Crippen LogP contribution is -2.44. The van der Waals surface area contributed by atoms with E-state index in [9.17, 15) is 0 Å². The van der Waals surface area contributed by atoms with Crippen molar-refractivity contribution in [2.45, 2.75) is 83.2 Å². The first-order valence-electron chi connectivity index (χ1n) is 11.1. The summed E-state index contributed by atoms with van der Waals surface area (Å²) in [6.45, 7) is 6.03. The van der Waals surface area contributed by atoms with E-state index in [1.165, 1.54) is 38.5 Å². The lowest BCUT2D eigenvalue weighted by atomic mass is 9.93. The van der Waals surface area contributed by atoms with Crippen LogP contribution in [0.4, 0.5) is 0 Å². The van der Waals surface area contributed by atoms with Gasteiger partial charge in [0.25, 0.3) is 5.97 Å². The van der Waals surface area contributed by atoms with Gasteiger partial charge < -0.3 is 28.4 Å². The molecule has 1 aliphatic heterocycles. The second kappa shape index (κ2) is 16.5. The Morgan fingerprint density at radius 1 is 0.786 bits per heavy atom. The number of unbranched alkanes of at least 4 members (excludes halogenated alkanes) is 5. The molecule has 0 saturated carbocycles. The van der Waals surface area contributed by atoms with Crippen molar-refractivity contribution in [3.63, 3.8) is 0 Å². The van der Waals surface area contributed by atoms with Crippen LogP contribution in [0.1, 0.15) is 71.1 Å². The number of epoxide rings is 1. The van der Waals surface area contributed by atoms with E-state index in [1.54, 1.807) is 21.3 Å². The SMILES string of the molecule is CCCCCCCCC(CCCOCCCOCC1CO1)C(OC)(OC)OC. The minimum absolute atomic E-state index is 0.198. The Bertz CT molecular complexity index is 336. The van der Waals surface area contributed by atoms with Gasteiger partial charge in [0.15, 0.2) is 0 Å². The molecule has 0 aromatic rings. The van der Waals surface area contributed by atoms with E-state index in [-0.39, 0.29) is 5.92 Å². The fourth-order valence-corrected chi connectivity index (χ4v) is 3.59. The molecule has 0 aromatic heterocycles. The Hall–Kier alpha value is -0.240. The monoisotopic (exact) mass is 404 g/mol. The molecule has 0 bridgehead atoms. The first-order valence-corrected chi connectivity index (χ1v) is 11.1. The smallest absolute Gasteiger partial charge is 0.285 e. The maximum Gasteiger partial charge on any atom is 0.285 e. The molecule has 168 valence electrons. The number of hydrogen-bond donors (Lipinski definition) is 0. The Labute approximate surface area is 172 Å². The van der Waals surface area contributed by atoms with Crippen molar-refractivity contribution in [1.29, 1.82) is 0 Å². The highest BCUT2D eigenvalue weighted by atomic mass is 16.9. The fourth-order valence-electron chi connectivity index (χ4n) is 3.59. The van der Waals surface area contributed by atoms with Crippen LogP contribution in [-0.2, 0) is 28.4 Å². The highest BCUT2D eigenvalue weighted by molar-refractivity contribution is 4.71. The van der Waals surface area contributed by atoms with Gasteiger partial charge in [0.1, 0.15) is 6.10 Å². The number of methoxy groups -OCH3 is 3. The second-order valence-electron chi connectivity index (χ2n) is 7.61. The fraction of sp³-hybridized carbons (Fsp3) is 1.00. The third-order valence-electron chi connectivity index (χ3n) is 5.38. The van der Waals surface area contributed by atoms with Crippen LogP contribution in [0.5, 0.6) is 0 Å². The van der Waals surface area contributed by atoms with Gasteiger partial charge in [-0.05, 0) is 25.7 Å². The third-order valence-corrected chi connectivity index (χ3v) is 5.38. The summed E-state index contributed by atoms with van der Waals surface area (Å²) < 4.78 is 33.3.